The number of hydrogen-bond donors (Lipinski definition) is 0. The summed E-state index contributed by atoms with van der Waals surface area (Å²) in [5.74, 6) is 0.176. The predicted molar refractivity (Wildman–Crippen MR) is 95.4 cm³/mol. The molecule has 0 aliphatic carbocycles. The van der Waals surface area contributed by atoms with E-state index in [2.05, 4.69) is 73.9 Å². The lowest BCUT2D eigenvalue weighted by Crippen LogP contribution is -2.04. The van der Waals surface area contributed by atoms with Crippen LogP contribution in [0.5, 0.6) is 0 Å². The number of allylic oxidation sites excluding steroid dienone is 10. The van der Waals surface area contributed by atoms with Crippen molar-refractivity contribution in [1.29, 1.82) is 0 Å². The van der Waals surface area contributed by atoms with Gasteiger partial charge in [0.05, 0.1) is 0 Å². The normalized spacial score (nSPS) is 14.6. The minimum Gasteiger partial charge on any atom is -0.0991 e. The Morgan fingerprint density at radius 3 is 1.71 bits per heavy atom. The monoisotopic (exact) mass is 276 g/mol. The summed E-state index contributed by atoms with van der Waals surface area (Å²) in [6.07, 6.45) is 16.2. The molecule has 0 N–H and O–H groups in total. The Morgan fingerprint density at radius 1 is 0.857 bits per heavy atom. The fraction of sp³-hybridized carbons (Fsp3) is 0.143. The van der Waals surface area contributed by atoms with Crippen molar-refractivity contribution in [1.82, 2.24) is 0 Å². The maximum atomic E-state index is 3.84. The first kappa shape index (κ1) is 16.7. The molecule has 0 amide bonds. The van der Waals surface area contributed by atoms with Gasteiger partial charge in [0.15, 0.2) is 0 Å². The number of hydrogen-bond acceptors (Lipinski definition) is 0. The average Bonchev–Trinajstić information content (AvgIpc) is 2.49. The third-order valence-corrected chi connectivity index (χ3v) is 3.14. The van der Waals surface area contributed by atoms with Crippen molar-refractivity contribution in [2.24, 2.45) is 0 Å². The fourth-order valence-corrected chi connectivity index (χ4v) is 2.38. The molecule has 0 heterocycles. The highest BCUT2D eigenvalue weighted by atomic mass is 14.2. The summed E-state index contributed by atoms with van der Waals surface area (Å²) in [6.45, 7) is 11.8. The molecule has 0 aliphatic rings. The Balaban J connectivity index is 3.48. The average molecular weight is 276 g/mol. The van der Waals surface area contributed by atoms with Crippen LogP contribution < -0.4 is 0 Å². The lowest BCUT2D eigenvalue weighted by atomic mass is 9.83. The minimum atomic E-state index is 0.176. The second-order valence-corrected chi connectivity index (χ2v) is 4.65. The van der Waals surface area contributed by atoms with Gasteiger partial charge in [-0.05, 0) is 30.6 Å². The highest BCUT2D eigenvalue weighted by Crippen LogP contribution is 2.33. The van der Waals surface area contributed by atoms with Crippen molar-refractivity contribution < 1.29 is 0 Å². The van der Waals surface area contributed by atoms with Crippen LogP contribution in [0.2, 0.25) is 0 Å². The third-order valence-electron chi connectivity index (χ3n) is 3.14. The maximum absolute atomic E-state index is 3.84. The zero-order valence-electron chi connectivity index (χ0n) is 13.0. The van der Waals surface area contributed by atoms with E-state index in [1.807, 2.05) is 32.1 Å². The van der Waals surface area contributed by atoms with Crippen LogP contribution in [0, 0.1) is 0 Å². The minimum absolute atomic E-state index is 0.176. The summed E-state index contributed by atoms with van der Waals surface area (Å²) in [5, 5.41) is 0. The van der Waals surface area contributed by atoms with Crippen LogP contribution >= 0.6 is 0 Å². The Kier molecular flexibility index (Phi) is 7.60. The molecule has 1 aromatic carbocycles. The van der Waals surface area contributed by atoms with E-state index >= 15 is 0 Å². The van der Waals surface area contributed by atoms with E-state index in [1.165, 1.54) is 16.7 Å². The highest BCUT2D eigenvalue weighted by molar-refractivity contribution is 5.48. The van der Waals surface area contributed by atoms with Crippen molar-refractivity contribution >= 4 is 0 Å². The van der Waals surface area contributed by atoms with Gasteiger partial charge >= 0.3 is 0 Å². The molecule has 0 aliphatic heterocycles. The lowest BCUT2D eigenvalue weighted by molar-refractivity contribution is 0.975. The largest absolute Gasteiger partial charge is 0.0991 e. The molecule has 21 heavy (non-hydrogen) atoms. The maximum Gasteiger partial charge on any atom is 0.0339 e. The summed E-state index contributed by atoms with van der Waals surface area (Å²) >= 11 is 0. The summed E-state index contributed by atoms with van der Waals surface area (Å²) in [4.78, 5) is 0. The third kappa shape index (κ3) is 4.92. The van der Waals surface area contributed by atoms with Crippen molar-refractivity contribution in [3.05, 3.63) is 109 Å². The van der Waals surface area contributed by atoms with Crippen molar-refractivity contribution in [3.8, 4) is 0 Å². The predicted octanol–water partition coefficient (Wildman–Crippen LogP) is 6.15. The smallest absolute Gasteiger partial charge is 0.0339 e. The van der Waals surface area contributed by atoms with Gasteiger partial charge in [-0.15, -0.1) is 0 Å². The number of rotatable bonds is 7. The van der Waals surface area contributed by atoms with Gasteiger partial charge < -0.3 is 0 Å². The fourth-order valence-electron chi connectivity index (χ4n) is 2.38. The van der Waals surface area contributed by atoms with Gasteiger partial charge in [0.25, 0.3) is 0 Å². The van der Waals surface area contributed by atoms with Crippen LogP contribution in [-0.2, 0) is 0 Å². The molecule has 0 unspecified atom stereocenters. The molecule has 0 aromatic heterocycles. The van der Waals surface area contributed by atoms with Crippen molar-refractivity contribution in [2.45, 2.75) is 19.8 Å². The van der Waals surface area contributed by atoms with E-state index in [0.717, 1.165) is 0 Å². The van der Waals surface area contributed by atoms with Crippen LogP contribution in [0.1, 0.15) is 25.3 Å². The molecular weight excluding hydrogens is 252 g/mol. The van der Waals surface area contributed by atoms with Gasteiger partial charge in [0.2, 0.25) is 0 Å². The summed E-state index contributed by atoms with van der Waals surface area (Å²) < 4.78 is 0. The van der Waals surface area contributed by atoms with Crippen molar-refractivity contribution in [2.75, 3.05) is 0 Å². The summed E-state index contributed by atoms with van der Waals surface area (Å²) in [6, 6.07) is 10.5. The van der Waals surface area contributed by atoms with Gasteiger partial charge in [-0.1, -0.05) is 92.1 Å². The first-order chi connectivity index (χ1) is 10.3. The van der Waals surface area contributed by atoms with E-state index in [1.54, 1.807) is 0 Å². The Bertz CT molecular complexity index is 531. The zero-order chi connectivity index (χ0) is 15.5. The molecule has 0 fully saturated rings. The highest BCUT2D eigenvalue weighted by Gasteiger charge is 2.17. The number of benzene rings is 1. The molecule has 1 rings (SSSR count). The lowest BCUT2D eigenvalue weighted by Gasteiger charge is -2.20. The standard InChI is InChI=1S/C21H24/c1-5-12-18(13-6-2)21(19(14-7-3)15-8-4)20-16-10-9-11-17-20/h5-17,21H,1,3H2,2,4H3/b13-6-,15-8-,18-12+,19-14+. The second-order valence-electron chi connectivity index (χ2n) is 4.65. The molecule has 0 atom stereocenters. The van der Waals surface area contributed by atoms with E-state index in [4.69, 9.17) is 0 Å². The molecule has 0 radical (unpaired) electrons. The molecule has 0 nitrogen and oxygen atoms in total. The zero-order valence-corrected chi connectivity index (χ0v) is 13.0. The van der Waals surface area contributed by atoms with E-state index in [0.29, 0.717) is 0 Å². The first-order valence-electron chi connectivity index (χ1n) is 7.24. The molecule has 0 saturated carbocycles. The second kappa shape index (κ2) is 9.55. The van der Waals surface area contributed by atoms with E-state index in [-0.39, 0.29) is 5.92 Å². The van der Waals surface area contributed by atoms with Crippen LogP contribution in [0.4, 0.5) is 0 Å². The molecule has 0 heteroatoms. The topological polar surface area (TPSA) is 0 Å². The molecular formula is C21H24. The molecule has 1 aromatic rings. The van der Waals surface area contributed by atoms with Crippen LogP contribution in [0.25, 0.3) is 0 Å². The van der Waals surface area contributed by atoms with Crippen LogP contribution in [-0.4, -0.2) is 0 Å². The molecule has 108 valence electrons. The Labute approximate surface area is 129 Å². The van der Waals surface area contributed by atoms with Crippen LogP contribution in [0.3, 0.4) is 0 Å². The van der Waals surface area contributed by atoms with Crippen LogP contribution in [0.15, 0.2) is 103 Å². The first-order valence-corrected chi connectivity index (χ1v) is 7.24. The Hall–Kier alpha value is -2.34. The molecule has 0 bridgehead atoms. The molecule has 0 saturated heterocycles. The summed E-state index contributed by atoms with van der Waals surface area (Å²) in [7, 11) is 0. The summed E-state index contributed by atoms with van der Waals surface area (Å²) in [5.41, 5.74) is 3.68. The van der Waals surface area contributed by atoms with Gasteiger partial charge in [0.1, 0.15) is 0 Å². The van der Waals surface area contributed by atoms with Gasteiger partial charge in [-0.2, -0.15) is 0 Å². The van der Waals surface area contributed by atoms with Gasteiger partial charge in [-0.3, -0.25) is 0 Å². The molecule has 0 spiro atoms. The van der Waals surface area contributed by atoms with Gasteiger partial charge in [0, 0.05) is 5.92 Å². The quantitative estimate of drug-likeness (QED) is 0.524. The van der Waals surface area contributed by atoms with Gasteiger partial charge in [-0.25, -0.2) is 0 Å². The van der Waals surface area contributed by atoms with Crippen molar-refractivity contribution in [3.63, 3.8) is 0 Å². The van der Waals surface area contributed by atoms with E-state index < -0.39 is 0 Å². The Morgan fingerprint density at radius 2 is 1.33 bits per heavy atom. The van der Waals surface area contributed by atoms with E-state index in [9.17, 15) is 0 Å². The SMILES string of the molecule is C=C/C=C(\C=C/C)C(C(/C=C\C)=C/C=C)c1ccccc1.